The molecule has 10 heteroatoms. The number of rotatable bonds is 10. The van der Waals surface area contributed by atoms with Crippen molar-refractivity contribution in [2.45, 2.75) is 64.1 Å². The summed E-state index contributed by atoms with van der Waals surface area (Å²) >= 11 is 0. The first-order valence-corrected chi connectivity index (χ1v) is 14.0. The van der Waals surface area contributed by atoms with Crippen LogP contribution in [0.3, 0.4) is 0 Å². The Labute approximate surface area is 211 Å². The van der Waals surface area contributed by atoms with Gasteiger partial charge in [0.2, 0.25) is 21.8 Å². The van der Waals surface area contributed by atoms with Crippen LogP contribution in [0, 0.1) is 11.6 Å². The first kappa shape index (κ1) is 27.6. The number of carbonyl (C=O) groups excluding carboxylic acids is 2. The van der Waals surface area contributed by atoms with E-state index in [0.29, 0.717) is 12.0 Å². The second-order valence-electron chi connectivity index (χ2n) is 9.17. The molecule has 1 saturated carbocycles. The fourth-order valence-electron chi connectivity index (χ4n) is 4.50. The number of hydrogen-bond donors (Lipinski definition) is 1. The van der Waals surface area contributed by atoms with Gasteiger partial charge in [0.1, 0.15) is 24.2 Å². The molecule has 0 aliphatic heterocycles. The molecule has 1 fully saturated rings. The number of nitrogens with one attached hydrogen (secondary N) is 1. The van der Waals surface area contributed by atoms with Crippen molar-refractivity contribution in [3.8, 4) is 0 Å². The highest BCUT2D eigenvalue weighted by Gasteiger charge is 2.32. The summed E-state index contributed by atoms with van der Waals surface area (Å²) in [7, 11) is -3.95. The van der Waals surface area contributed by atoms with Crippen molar-refractivity contribution in [1.29, 1.82) is 0 Å². The third-order valence-corrected chi connectivity index (χ3v) is 7.52. The summed E-state index contributed by atoms with van der Waals surface area (Å²) in [5.41, 5.74) is 0.595. The zero-order valence-electron chi connectivity index (χ0n) is 20.6. The SMILES string of the molecule is CC[C@H](C(=O)NC1CCCCC1)N(Cc1ccc(F)cc1)C(=O)CN(c1cccc(F)c1)S(C)(=O)=O. The van der Waals surface area contributed by atoms with Crippen LogP contribution in [0.15, 0.2) is 48.5 Å². The van der Waals surface area contributed by atoms with E-state index in [0.717, 1.165) is 48.7 Å². The van der Waals surface area contributed by atoms with Gasteiger partial charge in [0.15, 0.2) is 0 Å². The summed E-state index contributed by atoms with van der Waals surface area (Å²) in [6.07, 6.45) is 6.14. The van der Waals surface area contributed by atoms with Crippen molar-refractivity contribution < 1.29 is 26.8 Å². The molecule has 36 heavy (non-hydrogen) atoms. The number of amides is 2. The smallest absolute Gasteiger partial charge is 0.244 e. The van der Waals surface area contributed by atoms with Crippen LogP contribution in [0.25, 0.3) is 0 Å². The van der Waals surface area contributed by atoms with Gasteiger partial charge < -0.3 is 10.2 Å². The highest BCUT2D eigenvalue weighted by Crippen LogP contribution is 2.22. The molecule has 0 saturated heterocycles. The van der Waals surface area contributed by atoms with Crippen LogP contribution >= 0.6 is 0 Å². The molecule has 0 bridgehead atoms. The van der Waals surface area contributed by atoms with Gasteiger partial charge in [-0.15, -0.1) is 0 Å². The summed E-state index contributed by atoms with van der Waals surface area (Å²) in [5.74, 6) is -2.01. The lowest BCUT2D eigenvalue weighted by molar-refractivity contribution is -0.140. The highest BCUT2D eigenvalue weighted by molar-refractivity contribution is 7.92. The first-order valence-electron chi connectivity index (χ1n) is 12.2. The number of nitrogens with zero attached hydrogens (tertiary/aromatic N) is 2. The quantitative estimate of drug-likeness (QED) is 0.512. The molecule has 2 aromatic carbocycles. The van der Waals surface area contributed by atoms with Crippen LogP contribution < -0.4 is 9.62 Å². The summed E-state index contributed by atoms with van der Waals surface area (Å²) in [6.45, 7) is 1.14. The number of anilines is 1. The molecule has 1 N–H and O–H groups in total. The molecule has 0 unspecified atom stereocenters. The summed E-state index contributed by atoms with van der Waals surface area (Å²) in [4.78, 5) is 28.2. The molecule has 7 nitrogen and oxygen atoms in total. The van der Waals surface area contributed by atoms with Crippen molar-refractivity contribution in [2.24, 2.45) is 0 Å². The van der Waals surface area contributed by atoms with E-state index in [1.807, 2.05) is 0 Å². The van der Waals surface area contributed by atoms with Gasteiger partial charge in [-0.25, -0.2) is 17.2 Å². The first-order chi connectivity index (χ1) is 17.1. The number of sulfonamides is 1. The van der Waals surface area contributed by atoms with Gasteiger partial charge in [-0.1, -0.05) is 44.4 Å². The fourth-order valence-corrected chi connectivity index (χ4v) is 5.34. The van der Waals surface area contributed by atoms with Gasteiger partial charge in [0.25, 0.3) is 0 Å². The molecule has 0 radical (unpaired) electrons. The molecular weight excluding hydrogens is 488 g/mol. The predicted octanol–water partition coefficient (Wildman–Crippen LogP) is 3.99. The molecule has 196 valence electrons. The van der Waals surface area contributed by atoms with E-state index in [1.165, 1.54) is 47.4 Å². The minimum atomic E-state index is -3.95. The second-order valence-corrected chi connectivity index (χ2v) is 11.1. The summed E-state index contributed by atoms with van der Waals surface area (Å²) < 4.78 is 53.2. The van der Waals surface area contributed by atoms with Gasteiger partial charge in [0, 0.05) is 12.6 Å². The lowest BCUT2D eigenvalue weighted by Crippen LogP contribution is -2.53. The molecule has 1 aliphatic rings. The van der Waals surface area contributed by atoms with E-state index >= 15 is 0 Å². The Morgan fingerprint density at radius 3 is 2.28 bits per heavy atom. The number of halogens is 2. The van der Waals surface area contributed by atoms with Gasteiger partial charge in [-0.05, 0) is 55.2 Å². The van der Waals surface area contributed by atoms with E-state index in [9.17, 15) is 26.8 Å². The van der Waals surface area contributed by atoms with E-state index in [1.54, 1.807) is 6.92 Å². The van der Waals surface area contributed by atoms with Crippen LogP contribution in [0.2, 0.25) is 0 Å². The van der Waals surface area contributed by atoms with Gasteiger partial charge >= 0.3 is 0 Å². The Bertz CT molecular complexity index is 1150. The molecular formula is C26H33F2N3O4S. The van der Waals surface area contributed by atoms with E-state index in [-0.39, 0.29) is 24.2 Å². The average molecular weight is 522 g/mol. The third-order valence-electron chi connectivity index (χ3n) is 6.38. The second kappa shape index (κ2) is 12.3. The Morgan fingerprint density at radius 1 is 1.03 bits per heavy atom. The minimum Gasteiger partial charge on any atom is -0.352 e. The van der Waals surface area contributed by atoms with E-state index in [4.69, 9.17) is 0 Å². The molecule has 3 rings (SSSR count). The topological polar surface area (TPSA) is 86.8 Å². The normalized spacial score (nSPS) is 15.2. The predicted molar refractivity (Wildman–Crippen MR) is 135 cm³/mol. The zero-order chi connectivity index (χ0) is 26.3. The fraction of sp³-hybridized carbons (Fsp3) is 0.462. The molecule has 1 aliphatic carbocycles. The number of carbonyl (C=O) groups is 2. The summed E-state index contributed by atoms with van der Waals surface area (Å²) in [5, 5.41) is 3.05. The molecule has 2 amide bonds. The molecule has 0 spiro atoms. The Kier molecular flexibility index (Phi) is 9.42. The maximum atomic E-state index is 13.8. The van der Waals surface area contributed by atoms with Crippen molar-refractivity contribution >= 4 is 27.5 Å². The van der Waals surface area contributed by atoms with Gasteiger partial charge in [-0.3, -0.25) is 13.9 Å². The molecule has 1 atom stereocenters. The molecule has 0 heterocycles. The van der Waals surface area contributed by atoms with Gasteiger partial charge in [-0.2, -0.15) is 0 Å². The van der Waals surface area contributed by atoms with E-state index < -0.39 is 40.2 Å². The lowest BCUT2D eigenvalue weighted by Gasteiger charge is -2.34. The van der Waals surface area contributed by atoms with Crippen LogP contribution in [0.4, 0.5) is 14.5 Å². The lowest BCUT2D eigenvalue weighted by atomic mass is 9.95. The van der Waals surface area contributed by atoms with Crippen LogP contribution in [0.1, 0.15) is 51.0 Å². The summed E-state index contributed by atoms with van der Waals surface area (Å²) in [6, 6.07) is 9.69. The van der Waals surface area contributed by atoms with Crippen LogP contribution in [0.5, 0.6) is 0 Å². The van der Waals surface area contributed by atoms with E-state index in [2.05, 4.69) is 5.32 Å². The minimum absolute atomic E-state index is 0.00675. The Hall–Kier alpha value is -3.01. The van der Waals surface area contributed by atoms with Crippen molar-refractivity contribution in [1.82, 2.24) is 10.2 Å². The monoisotopic (exact) mass is 521 g/mol. The maximum absolute atomic E-state index is 13.8. The molecule has 0 aromatic heterocycles. The van der Waals surface area contributed by atoms with Crippen LogP contribution in [-0.2, 0) is 26.2 Å². The highest BCUT2D eigenvalue weighted by atomic mass is 32.2. The van der Waals surface area contributed by atoms with Crippen molar-refractivity contribution in [2.75, 3.05) is 17.1 Å². The van der Waals surface area contributed by atoms with Gasteiger partial charge in [0.05, 0.1) is 11.9 Å². The average Bonchev–Trinajstić information content (AvgIpc) is 2.83. The number of hydrogen-bond acceptors (Lipinski definition) is 4. The zero-order valence-corrected chi connectivity index (χ0v) is 21.4. The maximum Gasteiger partial charge on any atom is 0.244 e. The number of benzene rings is 2. The third kappa shape index (κ3) is 7.49. The van der Waals surface area contributed by atoms with Crippen molar-refractivity contribution in [3.63, 3.8) is 0 Å². The van der Waals surface area contributed by atoms with Crippen molar-refractivity contribution in [3.05, 3.63) is 65.7 Å². The standard InChI is InChI=1S/C26H33F2N3O4S/c1-3-24(26(33)29-22-9-5-4-6-10-22)30(17-19-12-14-20(27)15-13-19)25(32)18-31(36(2,34)35)23-11-7-8-21(28)16-23/h7-8,11-16,22,24H,3-6,9-10,17-18H2,1-2H3,(H,29,33)/t24-/m1/s1. The Morgan fingerprint density at radius 2 is 1.69 bits per heavy atom. The Balaban J connectivity index is 1.90. The largest absolute Gasteiger partial charge is 0.352 e. The molecule has 2 aromatic rings. The van der Waals surface area contributed by atoms with Crippen LogP contribution in [-0.4, -0.2) is 50.0 Å².